The van der Waals surface area contributed by atoms with Crippen molar-refractivity contribution in [2.75, 3.05) is 28.8 Å². The Morgan fingerprint density at radius 2 is 2.06 bits per heavy atom. The Morgan fingerprint density at radius 3 is 2.68 bits per heavy atom. The number of thiazole rings is 1. The van der Waals surface area contributed by atoms with Crippen molar-refractivity contribution in [2.45, 2.75) is 34.8 Å². The summed E-state index contributed by atoms with van der Waals surface area (Å²) in [5.41, 5.74) is -0.00571. The van der Waals surface area contributed by atoms with Crippen LogP contribution in [0.3, 0.4) is 0 Å². The number of sulfone groups is 1. The molecule has 8 nitrogen and oxygen atoms in total. The molecule has 0 bridgehead atoms. The van der Waals surface area contributed by atoms with E-state index >= 15 is 0 Å². The third-order valence-electron chi connectivity index (χ3n) is 4.84. The number of anilines is 2. The van der Waals surface area contributed by atoms with Gasteiger partial charge < -0.3 is 5.11 Å². The number of rotatable bonds is 8. The smallest absolute Gasteiger partial charge is 0.328 e. The van der Waals surface area contributed by atoms with Crippen LogP contribution in [0, 0.1) is 11.7 Å². The van der Waals surface area contributed by atoms with Crippen LogP contribution in [0.5, 0.6) is 0 Å². The first kappa shape index (κ1) is 23.5. The fraction of sp³-hybridized carbons (Fsp3) is 0.421. The van der Waals surface area contributed by atoms with Gasteiger partial charge in [0.2, 0.25) is 0 Å². The number of nitrogens with one attached hydrogen (secondary N) is 1. The van der Waals surface area contributed by atoms with E-state index in [-0.39, 0.29) is 27.4 Å². The average Bonchev–Trinajstić information content (AvgIpc) is 3.36. The summed E-state index contributed by atoms with van der Waals surface area (Å²) in [4.78, 5) is 28.9. The Balaban J connectivity index is 1.82. The largest absolute Gasteiger partial charge is 0.481 e. The summed E-state index contributed by atoms with van der Waals surface area (Å²) in [6.07, 6.45) is 6.42. The second-order valence-corrected chi connectivity index (χ2v) is 11.6. The second kappa shape index (κ2) is 9.96. The summed E-state index contributed by atoms with van der Waals surface area (Å²) < 4.78 is 38.9. The van der Waals surface area contributed by atoms with E-state index in [0.29, 0.717) is 10.8 Å². The van der Waals surface area contributed by atoms with Crippen LogP contribution in [-0.4, -0.2) is 49.1 Å². The van der Waals surface area contributed by atoms with Gasteiger partial charge in [-0.3, -0.25) is 15.0 Å². The van der Waals surface area contributed by atoms with E-state index in [1.807, 2.05) is 0 Å². The van der Waals surface area contributed by atoms with Gasteiger partial charge in [0.25, 0.3) is 0 Å². The number of aromatic nitrogens is 1. The number of carboxylic acid groups (broad SMARTS) is 1. The molecule has 0 saturated heterocycles. The van der Waals surface area contributed by atoms with E-state index < -0.39 is 27.7 Å². The summed E-state index contributed by atoms with van der Waals surface area (Å²) in [7, 11) is -3.58. The molecule has 3 rings (SSSR count). The van der Waals surface area contributed by atoms with Gasteiger partial charge in [0, 0.05) is 12.8 Å². The summed E-state index contributed by atoms with van der Waals surface area (Å²) in [6, 6.07) is 2.93. The van der Waals surface area contributed by atoms with E-state index in [1.165, 1.54) is 23.2 Å². The highest BCUT2D eigenvalue weighted by atomic mass is 32.2. The van der Waals surface area contributed by atoms with Crippen LogP contribution in [-0.2, 0) is 14.6 Å². The van der Waals surface area contributed by atoms with Crippen molar-refractivity contribution >= 4 is 55.8 Å². The molecule has 0 unspecified atom stereocenters. The highest BCUT2D eigenvalue weighted by Crippen LogP contribution is 2.32. The number of halogens is 1. The molecule has 0 atom stereocenters. The Labute approximate surface area is 187 Å². The molecule has 0 aliphatic heterocycles. The normalized spacial score (nSPS) is 14.5. The molecular formula is C19H22FN3O5S3. The Hall–Kier alpha value is -2.18. The maximum absolute atomic E-state index is 14.8. The number of urea groups is 1. The van der Waals surface area contributed by atoms with Crippen molar-refractivity contribution in [3.05, 3.63) is 30.2 Å². The number of nitrogens with zero attached hydrogens (tertiary/aromatic N) is 2. The molecule has 0 spiro atoms. The van der Waals surface area contributed by atoms with Gasteiger partial charge in [-0.25, -0.2) is 22.6 Å². The highest BCUT2D eigenvalue weighted by molar-refractivity contribution is 8.01. The zero-order valence-electron chi connectivity index (χ0n) is 16.7. The number of carbonyl (C=O) groups is 2. The maximum Gasteiger partial charge on any atom is 0.328 e. The van der Waals surface area contributed by atoms with Gasteiger partial charge in [0.1, 0.15) is 5.82 Å². The highest BCUT2D eigenvalue weighted by Gasteiger charge is 2.26. The number of amides is 2. The minimum atomic E-state index is -3.58. The molecule has 2 N–H and O–H groups in total. The van der Waals surface area contributed by atoms with Crippen LogP contribution in [0.25, 0.3) is 0 Å². The van der Waals surface area contributed by atoms with Crippen LogP contribution in [0.4, 0.5) is 20.0 Å². The minimum Gasteiger partial charge on any atom is -0.481 e. The van der Waals surface area contributed by atoms with Crippen molar-refractivity contribution in [1.82, 2.24) is 4.98 Å². The molecule has 1 fully saturated rings. The minimum absolute atomic E-state index is 0.00571. The summed E-state index contributed by atoms with van der Waals surface area (Å²) in [5, 5.41) is 11.7. The molecule has 2 aromatic rings. The third-order valence-corrected chi connectivity index (χ3v) is 8.04. The number of carboxylic acids is 1. The topological polar surface area (TPSA) is 117 Å². The first-order valence-electron chi connectivity index (χ1n) is 9.52. The molecule has 2 amide bonds. The Morgan fingerprint density at radius 1 is 1.35 bits per heavy atom. The van der Waals surface area contributed by atoms with Gasteiger partial charge in [-0.15, -0.1) is 11.8 Å². The van der Waals surface area contributed by atoms with Gasteiger partial charge in [0.05, 0.1) is 26.7 Å². The van der Waals surface area contributed by atoms with Crippen LogP contribution >= 0.6 is 23.1 Å². The molecule has 12 heteroatoms. The van der Waals surface area contributed by atoms with Crippen molar-refractivity contribution < 1.29 is 27.5 Å². The number of thioether (sulfide) groups is 1. The zero-order valence-corrected chi connectivity index (χ0v) is 19.2. The molecule has 1 aliphatic carbocycles. The lowest BCUT2D eigenvalue weighted by Crippen LogP contribution is -2.38. The molecule has 0 radical (unpaired) electrons. The molecule has 168 valence electrons. The molecule has 31 heavy (non-hydrogen) atoms. The molecular weight excluding hydrogens is 465 g/mol. The monoisotopic (exact) mass is 487 g/mol. The summed E-state index contributed by atoms with van der Waals surface area (Å²) in [6.45, 7) is 0.299. The average molecular weight is 488 g/mol. The van der Waals surface area contributed by atoms with Crippen LogP contribution < -0.4 is 10.2 Å². The predicted molar refractivity (Wildman–Crippen MR) is 118 cm³/mol. The molecule has 1 aromatic carbocycles. The first-order chi connectivity index (χ1) is 14.6. The number of benzene rings is 1. The number of aliphatic carboxylic acids is 1. The van der Waals surface area contributed by atoms with E-state index in [4.69, 9.17) is 5.11 Å². The number of hydrogen-bond donors (Lipinski definition) is 2. The number of carbonyl (C=O) groups excluding carboxylic acids is 1. The van der Waals surface area contributed by atoms with Crippen molar-refractivity contribution in [3.63, 3.8) is 0 Å². The van der Waals surface area contributed by atoms with Crippen LogP contribution in [0.1, 0.15) is 25.7 Å². The molecule has 1 aromatic heterocycles. The fourth-order valence-corrected chi connectivity index (χ4v) is 5.57. The van der Waals surface area contributed by atoms with Crippen molar-refractivity contribution in [3.8, 4) is 0 Å². The predicted octanol–water partition coefficient (Wildman–Crippen LogP) is 4.09. The van der Waals surface area contributed by atoms with Crippen LogP contribution in [0.15, 0.2) is 33.5 Å². The summed E-state index contributed by atoms with van der Waals surface area (Å²) >= 11 is 2.21. The second-order valence-electron chi connectivity index (χ2n) is 7.24. The number of hydrogen-bond acceptors (Lipinski definition) is 7. The van der Waals surface area contributed by atoms with E-state index in [1.54, 1.807) is 0 Å². The Kier molecular flexibility index (Phi) is 7.55. The zero-order chi connectivity index (χ0) is 22.6. The van der Waals surface area contributed by atoms with Gasteiger partial charge >= 0.3 is 12.0 Å². The van der Waals surface area contributed by atoms with Gasteiger partial charge in [-0.05, 0) is 37.0 Å². The standard InChI is InChI=1S/C19H22FN3O5S3/c1-31(27,28)13-6-7-15(14(20)8-13)23(10-12-4-2-3-5-12)19(26)22-18-21-9-17(30-18)29-11-16(24)25/h6-9,12H,2-5,10-11H2,1H3,(H,24,25)(H,21,22,26). The third kappa shape index (κ3) is 6.40. The molecule has 1 aliphatic rings. The summed E-state index contributed by atoms with van der Waals surface area (Å²) in [5.74, 6) is -1.66. The lowest BCUT2D eigenvalue weighted by molar-refractivity contribution is -0.133. The van der Waals surface area contributed by atoms with E-state index in [0.717, 1.165) is 61.1 Å². The Bertz CT molecular complexity index is 1070. The van der Waals surface area contributed by atoms with E-state index in [9.17, 15) is 22.4 Å². The van der Waals surface area contributed by atoms with Gasteiger partial charge in [0.15, 0.2) is 15.0 Å². The van der Waals surface area contributed by atoms with E-state index in [2.05, 4.69) is 10.3 Å². The maximum atomic E-state index is 14.8. The van der Waals surface area contributed by atoms with Gasteiger partial charge in [-0.1, -0.05) is 24.2 Å². The quantitative estimate of drug-likeness (QED) is 0.539. The molecule has 1 heterocycles. The SMILES string of the molecule is CS(=O)(=O)c1ccc(N(CC2CCCC2)C(=O)Nc2ncc(SCC(=O)O)s2)c(F)c1. The fourth-order valence-electron chi connectivity index (χ4n) is 3.35. The van der Waals surface area contributed by atoms with Gasteiger partial charge in [-0.2, -0.15) is 0 Å². The lowest BCUT2D eigenvalue weighted by Gasteiger charge is -2.26. The molecule has 1 saturated carbocycles. The van der Waals surface area contributed by atoms with Crippen LogP contribution in [0.2, 0.25) is 0 Å². The van der Waals surface area contributed by atoms with Crippen molar-refractivity contribution in [1.29, 1.82) is 0 Å². The lowest BCUT2D eigenvalue weighted by atomic mass is 10.1. The first-order valence-corrected chi connectivity index (χ1v) is 13.2. The van der Waals surface area contributed by atoms with Crippen molar-refractivity contribution in [2.24, 2.45) is 5.92 Å².